The molecule has 5 rings (SSSR count). The molecule has 1 aromatic heterocycles. The van der Waals surface area contributed by atoms with E-state index in [1.807, 2.05) is 60.7 Å². The van der Waals surface area contributed by atoms with Crippen LogP contribution in [0.3, 0.4) is 0 Å². The van der Waals surface area contributed by atoms with E-state index in [1.54, 1.807) is 63.8 Å². The molecule has 12 heteroatoms. The number of anilines is 2. The van der Waals surface area contributed by atoms with E-state index in [4.69, 9.17) is 14.2 Å². The maximum atomic E-state index is 14.5. The Labute approximate surface area is 303 Å². The Kier molecular flexibility index (Phi) is 11.9. The van der Waals surface area contributed by atoms with Crippen molar-refractivity contribution in [2.24, 2.45) is 0 Å². The van der Waals surface area contributed by atoms with Crippen LogP contribution in [0.25, 0.3) is 0 Å². The van der Waals surface area contributed by atoms with Crippen molar-refractivity contribution in [2.75, 3.05) is 30.0 Å². The van der Waals surface area contributed by atoms with Gasteiger partial charge >= 0.3 is 12.1 Å². The molecule has 52 heavy (non-hydrogen) atoms. The summed E-state index contributed by atoms with van der Waals surface area (Å²) in [7, 11) is 0. The van der Waals surface area contributed by atoms with Gasteiger partial charge in [-0.3, -0.25) is 19.7 Å². The molecule has 0 radical (unpaired) electrons. The van der Waals surface area contributed by atoms with Gasteiger partial charge < -0.3 is 24.0 Å². The molecule has 0 aliphatic carbocycles. The lowest BCUT2D eigenvalue weighted by Crippen LogP contribution is -2.41. The van der Waals surface area contributed by atoms with Gasteiger partial charge in [0, 0.05) is 17.3 Å². The normalized spacial score (nSPS) is 13.2. The zero-order chi connectivity index (χ0) is 37.3. The number of amides is 3. The van der Waals surface area contributed by atoms with Crippen molar-refractivity contribution in [3.05, 3.63) is 113 Å². The van der Waals surface area contributed by atoms with Gasteiger partial charge in [-0.2, -0.15) is 4.98 Å². The molecular weight excluding hydrogens is 662 g/mol. The highest BCUT2D eigenvalue weighted by Gasteiger charge is 2.37. The van der Waals surface area contributed by atoms with Crippen molar-refractivity contribution in [3.8, 4) is 17.7 Å². The van der Waals surface area contributed by atoms with Gasteiger partial charge in [-0.15, -0.1) is 0 Å². The van der Waals surface area contributed by atoms with Gasteiger partial charge in [-0.1, -0.05) is 72.5 Å². The fourth-order valence-corrected chi connectivity index (χ4v) is 5.58. The number of carbonyl (C=O) groups is 4. The molecule has 1 unspecified atom stereocenters. The van der Waals surface area contributed by atoms with Gasteiger partial charge in [0.25, 0.3) is 5.91 Å². The van der Waals surface area contributed by atoms with E-state index in [1.165, 1.54) is 4.90 Å². The Morgan fingerprint density at radius 1 is 0.962 bits per heavy atom. The van der Waals surface area contributed by atoms with E-state index in [2.05, 4.69) is 27.1 Å². The van der Waals surface area contributed by atoms with Gasteiger partial charge in [-0.25, -0.2) is 9.78 Å². The average Bonchev–Trinajstić information content (AvgIpc) is 3.19. The van der Waals surface area contributed by atoms with E-state index in [9.17, 15) is 19.2 Å². The Morgan fingerprint density at radius 2 is 1.67 bits per heavy atom. The zero-order valence-electron chi connectivity index (χ0n) is 29.8. The van der Waals surface area contributed by atoms with Gasteiger partial charge in [0.1, 0.15) is 12.1 Å². The maximum Gasteiger partial charge on any atom is 0.414 e. The second-order valence-electron chi connectivity index (χ2n) is 13.0. The second kappa shape index (κ2) is 16.7. The predicted octanol–water partition coefficient (Wildman–Crippen LogP) is 6.25. The first kappa shape index (κ1) is 37.0. The van der Waals surface area contributed by atoms with Crippen LogP contribution < -0.4 is 15.0 Å². The number of aromatic nitrogens is 2. The molecule has 0 bridgehead atoms. The lowest BCUT2D eigenvalue weighted by molar-refractivity contribution is -0.144. The first-order chi connectivity index (χ1) is 24.9. The number of aryl methyl sites for hydroxylation is 1. The summed E-state index contributed by atoms with van der Waals surface area (Å²) in [5, 5.41) is 2.51. The average molecular weight is 704 g/mol. The highest BCUT2D eigenvalue weighted by Crippen LogP contribution is 2.34. The molecule has 2 heterocycles. The lowest BCUT2D eigenvalue weighted by atomic mass is 10.00. The highest BCUT2D eigenvalue weighted by atomic mass is 16.6. The van der Waals surface area contributed by atoms with Crippen molar-refractivity contribution in [1.29, 1.82) is 0 Å². The number of hydrogen-bond donors (Lipinski definition) is 1. The minimum Gasteiger partial charge on any atom is -0.466 e. The molecular formula is C40H41N5O7. The van der Waals surface area contributed by atoms with E-state index >= 15 is 0 Å². The minimum atomic E-state index is -0.754. The molecule has 1 atom stereocenters. The fourth-order valence-electron chi connectivity index (χ4n) is 5.58. The van der Waals surface area contributed by atoms with E-state index < -0.39 is 29.6 Å². The number of fused-ring (bicyclic) bond motifs is 1. The number of benzene rings is 3. The van der Waals surface area contributed by atoms with Crippen molar-refractivity contribution >= 4 is 35.5 Å². The van der Waals surface area contributed by atoms with Crippen molar-refractivity contribution in [3.63, 3.8) is 0 Å². The predicted molar refractivity (Wildman–Crippen MR) is 195 cm³/mol. The molecule has 0 spiro atoms. The summed E-state index contributed by atoms with van der Waals surface area (Å²) < 4.78 is 16.3. The van der Waals surface area contributed by atoms with Crippen molar-refractivity contribution in [1.82, 2.24) is 14.9 Å². The monoisotopic (exact) mass is 703 g/mol. The summed E-state index contributed by atoms with van der Waals surface area (Å²) >= 11 is 0. The fraction of sp³-hybridized carbons (Fsp3) is 0.300. The number of carbonyl (C=O) groups excluding carboxylic acids is 4. The lowest BCUT2D eigenvalue weighted by Gasteiger charge is -2.30. The SMILES string of the molecule is CCOC(=O)CC(c1ccccc1)N1CC(=O)N(Cc2ccccc2)c2ccc(C#CCOc3cc(C)nc(NC(=O)OC(C)(C)C)n3)cc2C1=O. The second-order valence-corrected chi connectivity index (χ2v) is 13.0. The van der Waals surface area contributed by atoms with Gasteiger partial charge in [0.15, 0.2) is 6.61 Å². The number of rotatable bonds is 10. The van der Waals surface area contributed by atoms with Crippen LogP contribution in [0.1, 0.15) is 72.9 Å². The minimum absolute atomic E-state index is 0.0254. The first-order valence-corrected chi connectivity index (χ1v) is 16.9. The topological polar surface area (TPSA) is 140 Å². The summed E-state index contributed by atoms with van der Waals surface area (Å²) in [4.78, 5) is 65.0. The summed E-state index contributed by atoms with van der Waals surface area (Å²) in [6.07, 6.45) is -0.820. The number of nitrogens with one attached hydrogen (secondary N) is 1. The molecule has 268 valence electrons. The zero-order valence-corrected chi connectivity index (χ0v) is 29.8. The Hall–Kier alpha value is -6.22. The third-order valence-corrected chi connectivity index (χ3v) is 7.76. The molecule has 3 aromatic carbocycles. The van der Waals surface area contributed by atoms with Crippen LogP contribution >= 0.6 is 0 Å². The van der Waals surface area contributed by atoms with Crippen LogP contribution in [0, 0.1) is 18.8 Å². The first-order valence-electron chi connectivity index (χ1n) is 16.9. The van der Waals surface area contributed by atoms with Crippen molar-refractivity contribution < 1.29 is 33.4 Å². The van der Waals surface area contributed by atoms with Crippen LogP contribution in [-0.2, 0) is 25.6 Å². The smallest absolute Gasteiger partial charge is 0.414 e. The Morgan fingerprint density at radius 3 is 2.37 bits per heavy atom. The Balaban J connectivity index is 1.43. The molecule has 1 aliphatic rings. The largest absolute Gasteiger partial charge is 0.466 e. The third kappa shape index (κ3) is 9.94. The Bertz CT molecular complexity index is 1980. The third-order valence-electron chi connectivity index (χ3n) is 7.76. The summed E-state index contributed by atoms with van der Waals surface area (Å²) in [5.74, 6) is 5.01. The molecule has 4 aromatic rings. The van der Waals surface area contributed by atoms with Crippen molar-refractivity contribution in [2.45, 2.75) is 59.2 Å². The summed E-state index contributed by atoms with van der Waals surface area (Å²) in [6, 6.07) is 24.6. The molecule has 1 aliphatic heterocycles. The van der Waals surface area contributed by atoms with Gasteiger partial charge in [0.05, 0.1) is 36.9 Å². The quantitative estimate of drug-likeness (QED) is 0.150. The van der Waals surface area contributed by atoms with Crippen LogP contribution in [0.2, 0.25) is 0 Å². The van der Waals surface area contributed by atoms with Crippen LogP contribution in [0.4, 0.5) is 16.4 Å². The van der Waals surface area contributed by atoms with Gasteiger partial charge in [0.2, 0.25) is 17.7 Å². The van der Waals surface area contributed by atoms with Crippen LogP contribution in [0.15, 0.2) is 84.9 Å². The number of hydrogen-bond acceptors (Lipinski definition) is 9. The maximum absolute atomic E-state index is 14.5. The molecule has 1 N–H and O–H groups in total. The van der Waals surface area contributed by atoms with E-state index in [-0.39, 0.29) is 56.0 Å². The molecule has 12 nitrogen and oxygen atoms in total. The molecule has 0 fully saturated rings. The van der Waals surface area contributed by atoms with Crippen LogP contribution in [-0.4, -0.2) is 64.1 Å². The van der Waals surface area contributed by atoms with E-state index in [0.29, 0.717) is 22.5 Å². The molecule has 0 saturated heterocycles. The highest BCUT2D eigenvalue weighted by molar-refractivity contribution is 6.10. The summed E-state index contributed by atoms with van der Waals surface area (Å²) in [6.45, 7) is 8.82. The molecule has 3 amide bonds. The van der Waals surface area contributed by atoms with Gasteiger partial charge in [-0.05, 0) is 63.9 Å². The molecule has 0 saturated carbocycles. The standard InChI is InChI=1S/C40H41N5O7/c1-6-50-36(47)24-33(30-17-11-8-12-18-30)45-26-35(46)44(25-29-14-9-7-10-15-29)32-20-19-28(23-31(32)37(45)48)16-13-21-51-34-22-27(2)41-38(42-34)43-39(49)52-40(3,4)5/h7-12,14-15,17-20,22-23,33H,6,21,24-26H2,1-5H3,(H,41,42,43,49). The van der Waals surface area contributed by atoms with Crippen LogP contribution in [0.5, 0.6) is 5.88 Å². The summed E-state index contributed by atoms with van der Waals surface area (Å²) in [5.41, 5.74) is 2.67. The van der Waals surface area contributed by atoms with E-state index in [0.717, 1.165) is 5.56 Å². The number of nitrogens with zero attached hydrogens (tertiary/aromatic N) is 4. The number of esters is 1. The number of ether oxygens (including phenoxy) is 3.